The molecule has 3 aromatic heterocycles. The van der Waals surface area contributed by atoms with Crippen LogP contribution < -0.4 is 5.73 Å². The number of aromatic nitrogens is 2. The Hall–Kier alpha value is -3.88. The van der Waals surface area contributed by atoms with E-state index in [4.69, 9.17) is 10.2 Å². The Balaban J connectivity index is 1.53. The van der Waals surface area contributed by atoms with Crippen molar-refractivity contribution in [2.75, 3.05) is 5.73 Å². The van der Waals surface area contributed by atoms with Gasteiger partial charge in [0, 0.05) is 29.1 Å². The number of alkyl halides is 3. The van der Waals surface area contributed by atoms with E-state index in [1.807, 2.05) is 19.1 Å². The van der Waals surface area contributed by atoms with Crippen LogP contribution in [0, 0.1) is 6.92 Å². The molecule has 6 nitrogen and oxygen atoms in total. The fraction of sp³-hybridized carbons (Fsp3) is 0.269. The predicted octanol–water partition coefficient (Wildman–Crippen LogP) is 5.85. The second kappa shape index (κ2) is 8.72. The van der Waals surface area contributed by atoms with Crippen LogP contribution in [0.3, 0.4) is 0 Å². The first-order chi connectivity index (χ1) is 16.7. The minimum Gasteiger partial charge on any atom is -0.469 e. The largest absolute Gasteiger partial charge is 0.469 e. The van der Waals surface area contributed by atoms with Crippen molar-refractivity contribution >= 4 is 22.6 Å². The predicted molar refractivity (Wildman–Crippen MR) is 124 cm³/mol. The van der Waals surface area contributed by atoms with Crippen molar-refractivity contribution in [1.82, 2.24) is 14.9 Å². The third-order valence-electron chi connectivity index (χ3n) is 6.43. The van der Waals surface area contributed by atoms with Crippen molar-refractivity contribution < 1.29 is 22.4 Å². The van der Waals surface area contributed by atoms with Gasteiger partial charge in [0.2, 0.25) is 0 Å². The molecule has 3 heterocycles. The minimum absolute atomic E-state index is 0.0588. The Morgan fingerprint density at radius 2 is 2.03 bits per heavy atom. The molecule has 0 bridgehead atoms. The van der Waals surface area contributed by atoms with Crippen molar-refractivity contribution in [3.05, 3.63) is 88.6 Å². The molecule has 0 spiro atoms. The number of carbonyl (C=O) groups excluding carboxylic acids is 1. The number of benzene rings is 1. The molecule has 0 aliphatic heterocycles. The van der Waals surface area contributed by atoms with E-state index in [0.29, 0.717) is 29.0 Å². The zero-order valence-electron chi connectivity index (χ0n) is 19.0. The number of aryl methyl sites for hydroxylation is 2. The molecule has 0 saturated carbocycles. The normalized spacial score (nSPS) is 15.7. The van der Waals surface area contributed by atoms with Gasteiger partial charge in [-0.1, -0.05) is 0 Å². The number of pyridine rings is 2. The van der Waals surface area contributed by atoms with Crippen LogP contribution in [-0.2, 0) is 19.1 Å². The van der Waals surface area contributed by atoms with Crippen molar-refractivity contribution in [3.63, 3.8) is 0 Å². The van der Waals surface area contributed by atoms with Crippen LogP contribution in [0.5, 0.6) is 0 Å². The number of nitrogens with zero attached hydrogens (tertiary/aromatic N) is 3. The molecule has 35 heavy (non-hydrogen) atoms. The van der Waals surface area contributed by atoms with E-state index in [9.17, 15) is 18.0 Å². The highest BCUT2D eigenvalue weighted by Gasteiger charge is 2.33. The Bertz CT molecular complexity index is 1400. The first kappa shape index (κ1) is 22.9. The highest BCUT2D eigenvalue weighted by Crippen LogP contribution is 2.37. The lowest BCUT2D eigenvalue weighted by molar-refractivity contribution is -0.137. The molecule has 2 N–H and O–H groups in total. The van der Waals surface area contributed by atoms with E-state index in [1.165, 1.54) is 6.07 Å². The number of carbonyl (C=O) groups is 1. The molecule has 0 radical (unpaired) electrons. The second-order valence-electron chi connectivity index (χ2n) is 8.77. The monoisotopic (exact) mass is 480 g/mol. The number of hydrogen-bond donors (Lipinski definition) is 1. The highest BCUT2D eigenvalue weighted by molar-refractivity contribution is 5.98. The van der Waals surface area contributed by atoms with Gasteiger partial charge in [0.05, 0.1) is 35.6 Å². The number of amides is 1. The fourth-order valence-corrected chi connectivity index (χ4v) is 4.57. The molecular formula is C26H23F3N4O2. The van der Waals surface area contributed by atoms with E-state index in [-0.39, 0.29) is 18.5 Å². The van der Waals surface area contributed by atoms with Gasteiger partial charge in [-0.3, -0.25) is 9.78 Å². The Labute approximate surface area is 199 Å². The third kappa shape index (κ3) is 4.45. The summed E-state index contributed by atoms with van der Waals surface area (Å²) in [5, 5.41) is 0.780. The van der Waals surface area contributed by atoms with Crippen molar-refractivity contribution in [3.8, 4) is 0 Å². The first-order valence-corrected chi connectivity index (χ1v) is 11.3. The fourth-order valence-electron chi connectivity index (χ4n) is 4.57. The average Bonchev–Trinajstić information content (AvgIpc) is 3.32. The molecule has 1 amide bonds. The molecule has 0 fully saturated rings. The number of nitrogens with two attached hydrogens (primary N) is 1. The zero-order chi connectivity index (χ0) is 24.7. The van der Waals surface area contributed by atoms with Gasteiger partial charge in [-0.25, -0.2) is 4.98 Å². The molecule has 180 valence electrons. The number of fused-ring (bicyclic) bond motifs is 2. The molecule has 1 aliphatic carbocycles. The van der Waals surface area contributed by atoms with Crippen LogP contribution >= 0.6 is 0 Å². The molecule has 1 aromatic carbocycles. The van der Waals surface area contributed by atoms with Crippen molar-refractivity contribution in [2.45, 2.75) is 44.9 Å². The maximum atomic E-state index is 13.8. The summed E-state index contributed by atoms with van der Waals surface area (Å²) in [5.74, 6) is 1.01. The smallest absolute Gasteiger partial charge is 0.417 e. The lowest BCUT2D eigenvalue weighted by Crippen LogP contribution is -2.36. The van der Waals surface area contributed by atoms with Crippen LogP contribution in [0.1, 0.15) is 57.4 Å². The summed E-state index contributed by atoms with van der Waals surface area (Å²) in [6.45, 7) is 1.91. The van der Waals surface area contributed by atoms with Crippen LogP contribution in [-0.4, -0.2) is 20.8 Å². The summed E-state index contributed by atoms with van der Waals surface area (Å²) in [5.41, 5.74) is 8.31. The third-order valence-corrected chi connectivity index (χ3v) is 6.43. The molecule has 4 aromatic rings. The van der Waals surface area contributed by atoms with Crippen LogP contribution in [0.2, 0.25) is 0 Å². The number of halogens is 3. The Morgan fingerprint density at radius 1 is 1.20 bits per heavy atom. The van der Waals surface area contributed by atoms with E-state index in [2.05, 4.69) is 9.97 Å². The summed E-state index contributed by atoms with van der Waals surface area (Å²) >= 11 is 0. The summed E-state index contributed by atoms with van der Waals surface area (Å²) in [7, 11) is 0. The van der Waals surface area contributed by atoms with Gasteiger partial charge in [0.15, 0.2) is 0 Å². The van der Waals surface area contributed by atoms with Crippen molar-refractivity contribution in [2.24, 2.45) is 0 Å². The summed E-state index contributed by atoms with van der Waals surface area (Å²) in [6.07, 6.45) is 0.256. The molecule has 1 atom stereocenters. The molecule has 5 rings (SSSR count). The number of anilines is 1. The topological polar surface area (TPSA) is 85.2 Å². The maximum absolute atomic E-state index is 13.8. The molecular weight excluding hydrogens is 457 g/mol. The van der Waals surface area contributed by atoms with E-state index in [1.54, 1.807) is 29.4 Å². The molecule has 9 heteroatoms. The number of nitrogen functional groups attached to an aromatic ring is 1. The van der Waals surface area contributed by atoms with Crippen LogP contribution in [0.4, 0.5) is 19.0 Å². The van der Waals surface area contributed by atoms with Crippen LogP contribution in [0.25, 0.3) is 10.9 Å². The Kier molecular flexibility index (Phi) is 5.70. The van der Waals surface area contributed by atoms with Gasteiger partial charge >= 0.3 is 6.18 Å². The standard InChI is InChI=1S/C26H23F3N4O2/c1-15-11-17-12-16(5-8-21(17)32-24(15)30)25(34)33(22-3-2-4-23-20(22)9-10-35-23)14-19-7-6-18(13-31-19)26(27,28)29/h5-13,22H,2-4,14H2,1H3,(H2,30,32). The highest BCUT2D eigenvalue weighted by atomic mass is 19.4. The van der Waals surface area contributed by atoms with E-state index >= 15 is 0 Å². The lowest BCUT2D eigenvalue weighted by atomic mass is 9.91. The molecule has 1 unspecified atom stereocenters. The van der Waals surface area contributed by atoms with Gasteiger partial charge in [-0.2, -0.15) is 13.2 Å². The minimum atomic E-state index is -4.48. The second-order valence-corrected chi connectivity index (χ2v) is 8.77. The van der Waals surface area contributed by atoms with E-state index in [0.717, 1.165) is 47.4 Å². The molecule has 0 saturated heterocycles. The van der Waals surface area contributed by atoms with E-state index < -0.39 is 11.7 Å². The quantitative estimate of drug-likeness (QED) is 0.396. The van der Waals surface area contributed by atoms with Crippen molar-refractivity contribution in [1.29, 1.82) is 0 Å². The number of furan rings is 1. The first-order valence-electron chi connectivity index (χ1n) is 11.3. The number of rotatable bonds is 4. The maximum Gasteiger partial charge on any atom is 0.417 e. The molecule has 1 aliphatic rings. The summed E-state index contributed by atoms with van der Waals surface area (Å²) in [6, 6.07) is 11.0. The van der Waals surface area contributed by atoms with Gasteiger partial charge in [0.1, 0.15) is 11.6 Å². The lowest BCUT2D eigenvalue weighted by Gasteiger charge is -2.34. The average molecular weight is 480 g/mol. The summed E-state index contributed by atoms with van der Waals surface area (Å²) < 4.78 is 44.6. The van der Waals surface area contributed by atoms with Gasteiger partial charge in [-0.05, 0) is 67.8 Å². The summed E-state index contributed by atoms with van der Waals surface area (Å²) in [4.78, 5) is 23.9. The zero-order valence-corrected chi connectivity index (χ0v) is 19.0. The van der Waals surface area contributed by atoms with Gasteiger partial charge in [-0.15, -0.1) is 0 Å². The van der Waals surface area contributed by atoms with Crippen LogP contribution in [0.15, 0.2) is 59.3 Å². The number of hydrogen-bond acceptors (Lipinski definition) is 5. The SMILES string of the molecule is Cc1cc2cc(C(=O)N(Cc3ccc(C(F)(F)F)cn3)C3CCCc4occc43)ccc2nc1N. The van der Waals surface area contributed by atoms with Gasteiger partial charge in [0.25, 0.3) is 5.91 Å². The van der Waals surface area contributed by atoms with Gasteiger partial charge < -0.3 is 15.1 Å². The Morgan fingerprint density at radius 3 is 2.77 bits per heavy atom.